The Kier molecular flexibility index (Phi) is 4.37. The highest BCUT2D eigenvalue weighted by atomic mass is 19.1. The molecule has 0 bridgehead atoms. The average molecular weight is 268 g/mol. The van der Waals surface area contributed by atoms with Crippen molar-refractivity contribution in [2.45, 2.75) is 25.9 Å². The van der Waals surface area contributed by atoms with Crippen LogP contribution in [0.1, 0.15) is 31.4 Å². The van der Waals surface area contributed by atoms with E-state index in [1.807, 2.05) is 0 Å². The maximum atomic E-state index is 13.7. The van der Waals surface area contributed by atoms with E-state index in [1.54, 1.807) is 6.92 Å². The summed E-state index contributed by atoms with van der Waals surface area (Å²) in [6.07, 6.45) is 0.624. The molecule has 1 fully saturated rings. The van der Waals surface area contributed by atoms with Crippen molar-refractivity contribution in [3.05, 3.63) is 29.6 Å². The third-order valence-corrected chi connectivity index (χ3v) is 2.96. The summed E-state index contributed by atoms with van der Waals surface area (Å²) in [5, 5.41) is 9.89. The fraction of sp³-hybridized carbons (Fsp3) is 0.500. The molecule has 1 N–H and O–H groups in total. The van der Waals surface area contributed by atoms with Crippen LogP contribution < -0.4 is 4.74 Å². The van der Waals surface area contributed by atoms with Crippen LogP contribution in [0.15, 0.2) is 18.2 Å². The zero-order chi connectivity index (χ0) is 13.8. The first-order valence-corrected chi connectivity index (χ1v) is 6.39. The first kappa shape index (κ1) is 13.8. The Hall–Kier alpha value is -1.62. The summed E-state index contributed by atoms with van der Waals surface area (Å²) in [6, 6.07) is 4.13. The van der Waals surface area contributed by atoms with E-state index in [1.165, 1.54) is 18.2 Å². The molecule has 1 aliphatic rings. The molecule has 5 heteroatoms. The quantitative estimate of drug-likeness (QED) is 0.804. The zero-order valence-corrected chi connectivity index (χ0v) is 10.8. The normalized spacial score (nSPS) is 15.9. The van der Waals surface area contributed by atoms with Crippen molar-refractivity contribution in [1.82, 2.24) is 0 Å². The molecule has 1 aromatic carbocycles. The number of esters is 1. The van der Waals surface area contributed by atoms with E-state index in [2.05, 4.69) is 0 Å². The van der Waals surface area contributed by atoms with E-state index >= 15 is 0 Å². The fourth-order valence-electron chi connectivity index (χ4n) is 1.73. The van der Waals surface area contributed by atoms with Gasteiger partial charge in [0.15, 0.2) is 17.7 Å². The van der Waals surface area contributed by atoms with Gasteiger partial charge in [-0.05, 0) is 31.7 Å². The lowest BCUT2D eigenvalue weighted by Gasteiger charge is -2.15. The molecule has 1 saturated carbocycles. The molecule has 1 atom stereocenters. The van der Waals surface area contributed by atoms with E-state index in [-0.39, 0.29) is 17.9 Å². The van der Waals surface area contributed by atoms with Crippen LogP contribution in [-0.4, -0.2) is 24.3 Å². The third-order valence-electron chi connectivity index (χ3n) is 2.96. The minimum Gasteiger partial charge on any atom is -0.490 e. The molecule has 0 amide bonds. The van der Waals surface area contributed by atoms with E-state index in [4.69, 9.17) is 9.47 Å². The van der Waals surface area contributed by atoms with Gasteiger partial charge in [0, 0.05) is 5.56 Å². The SMILES string of the molecule is CCOC(=O)C(O)c1cccc(F)c1OCC1CC1. The van der Waals surface area contributed by atoms with Gasteiger partial charge in [0.1, 0.15) is 0 Å². The Balaban J connectivity index is 2.17. The van der Waals surface area contributed by atoms with Crippen molar-refractivity contribution >= 4 is 5.97 Å². The molecule has 0 aliphatic heterocycles. The number of hydrogen-bond donors (Lipinski definition) is 1. The van der Waals surface area contributed by atoms with Gasteiger partial charge in [-0.15, -0.1) is 0 Å². The Bertz CT molecular complexity index is 457. The highest BCUT2D eigenvalue weighted by molar-refractivity contribution is 5.77. The summed E-state index contributed by atoms with van der Waals surface area (Å²) < 4.78 is 23.9. The summed E-state index contributed by atoms with van der Waals surface area (Å²) in [5.41, 5.74) is 0.110. The van der Waals surface area contributed by atoms with Gasteiger partial charge in [-0.3, -0.25) is 0 Å². The summed E-state index contributed by atoms with van der Waals surface area (Å²) in [5.74, 6) is -0.993. The molecule has 0 spiro atoms. The number of halogens is 1. The van der Waals surface area contributed by atoms with Crippen molar-refractivity contribution < 1.29 is 23.8 Å². The molecule has 0 aromatic heterocycles. The number of aliphatic hydroxyl groups is 1. The van der Waals surface area contributed by atoms with Crippen LogP contribution in [0.25, 0.3) is 0 Å². The number of para-hydroxylation sites is 1. The van der Waals surface area contributed by atoms with E-state index in [0.717, 1.165) is 12.8 Å². The molecule has 1 aliphatic carbocycles. The van der Waals surface area contributed by atoms with Crippen LogP contribution in [0.3, 0.4) is 0 Å². The molecule has 4 nitrogen and oxygen atoms in total. The molecular weight excluding hydrogens is 251 g/mol. The summed E-state index contributed by atoms with van der Waals surface area (Å²) >= 11 is 0. The van der Waals surface area contributed by atoms with Gasteiger partial charge in [0.25, 0.3) is 0 Å². The number of hydrogen-bond acceptors (Lipinski definition) is 4. The molecule has 1 aromatic rings. The molecule has 2 rings (SSSR count). The second-order valence-corrected chi connectivity index (χ2v) is 4.57. The number of ether oxygens (including phenoxy) is 2. The Labute approximate surface area is 111 Å². The van der Waals surface area contributed by atoms with Gasteiger partial charge in [0.05, 0.1) is 13.2 Å². The predicted octanol–water partition coefficient (Wildman–Crippen LogP) is 2.21. The van der Waals surface area contributed by atoms with Gasteiger partial charge in [-0.1, -0.05) is 12.1 Å². The largest absolute Gasteiger partial charge is 0.490 e. The van der Waals surface area contributed by atoms with Crippen LogP contribution in [0.2, 0.25) is 0 Å². The van der Waals surface area contributed by atoms with E-state index in [9.17, 15) is 14.3 Å². The van der Waals surface area contributed by atoms with Gasteiger partial charge in [0.2, 0.25) is 0 Å². The Morgan fingerprint density at radius 3 is 2.89 bits per heavy atom. The lowest BCUT2D eigenvalue weighted by atomic mass is 10.1. The second-order valence-electron chi connectivity index (χ2n) is 4.57. The number of carbonyl (C=O) groups is 1. The van der Waals surface area contributed by atoms with Gasteiger partial charge in [-0.25, -0.2) is 9.18 Å². The Morgan fingerprint density at radius 1 is 1.53 bits per heavy atom. The van der Waals surface area contributed by atoms with Crippen LogP contribution >= 0.6 is 0 Å². The third kappa shape index (κ3) is 3.44. The average Bonchev–Trinajstić information content (AvgIpc) is 3.20. The maximum Gasteiger partial charge on any atom is 0.339 e. The van der Waals surface area contributed by atoms with Crippen molar-refractivity contribution in [3.63, 3.8) is 0 Å². The highest BCUT2D eigenvalue weighted by Crippen LogP contribution is 2.33. The molecule has 0 saturated heterocycles. The molecule has 1 unspecified atom stereocenters. The highest BCUT2D eigenvalue weighted by Gasteiger charge is 2.27. The molecular formula is C14H17FO4. The zero-order valence-electron chi connectivity index (χ0n) is 10.8. The monoisotopic (exact) mass is 268 g/mol. The minimum atomic E-state index is -1.52. The van der Waals surface area contributed by atoms with E-state index in [0.29, 0.717) is 12.5 Å². The van der Waals surface area contributed by atoms with E-state index < -0.39 is 17.9 Å². The van der Waals surface area contributed by atoms with Crippen LogP contribution in [0, 0.1) is 11.7 Å². The summed E-state index contributed by atoms with van der Waals surface area (Å²) in [6.45, 7) is 2.20. The topological polar surface area (TPSA) is 55.8 Å². The number of carbonyl (C=O) groups excluding carboxylic acids is 1. The van der Waals surface area contributed by atoms with Gasteiger partial charge >= 0.3 is 5.97 Å². The molecule has 104 valence electrons. The standard InChI is InChI=1S/C14H17FO4/c1-2-18-14(17)12(16)10-4-3-5-11(15)13(10)19-8-9-6-7-9/h3-5,9,12,16H,2,6-8H2,1H3. The summed E-state index contributed by atoms with van der Waals surface area (Å²) in [7, 11) is 0. The smallest absolute Gasteiger partial charge is 0.339 e. The lowest BCUT2D eigenvalue weighted by Crippen LogP contribution is -2.17. The van der Waals surface area contributed by atoms with Crippen LogP contribution in [-0.2, 0) is 9.53 Å². The van der Waals surface area contributed by atoms with Gasteiger partial charge in [-0.2, -0.15) is 0 Å². The van der Waals surface area contributed by atoms with Crippen LogP contribution in [0.5, 0.6) is 5.75 Å². The first-order chi connectivity index (χ1) is 9.13. The van der Waals surface area contributed by atoms with Crippen molar-refractivity contribution in [2.24, 2.45) is 5.92 Å². The second kappa shape index (κ2) is 6.02. The predicted molar refractivity (Wildman–Crippen MR) is 66.2 cm³/mol. The molecule has 19 heavy (non-hydrogen) atoms. The Morgan fingerprint density at radius 2 is 2.26 bits per heavy atom. The van der Waals surface area contributed by atoms with Crippen molar-refractivity contribution in [3.8, 4) is 5.75 Å². The number of rotatable bonds is 6. The van der Waals surface area contributed by atoms with Crippen LogP contribution in [0.4, 0.5) is 4.39 Å². The summed E-state index contributed by atoms with van der Waals surface area (Å²) in [4.78, 5) is 11.5. The van der Waals surface area contributed by atoms with Crippen molar-refractivity contribution in [1.29, 1.82) is 0 Å². The number of benzene rings is 1. The number of aliphatic hydroxyl groups excluding tert-OH is 1. The first-order valence-electron chi connectivity index (χ1n) is 6.39. The molecule has 0 heterocycles. The fourth-order valence-corrected chi connectivity index (χ4v) is 1.73. The lowest BCUT2D eigenvalue weighted by molar-refractivity contribution is -0.153. The van der Waals surface area contributed by atoms with Gasteiger partial charge < -0.3 is 14.6 Å². The minimum absolute atomic E-state index is 0.0602. The van der Waals surface area contributed by atoms with Crippen molar-refractivity contribution in [2.75, 3.05) is 13.2 Å². The molecule has 0 radical (unpaired) electrons. The maximum absolute atomic E-state index is 13.7.